The lowest BCUT2D eigenvalue weighted by molar-refractivity contribution is 0.316. The molecule has 1 rings (SSSR count). The molecule has 3 heteroatoms. The molecule has 0 spiro atoms. The lowest BCUT2D eigenvalue weighted by atomic mass is 10.1. The Bertz CT molecular complexity index is 317. The van der Waals surface area contributed by atoms with Crippen LogP contribution in [0.3, 0.4) is 0 Å². The molecule has 1 aromatic rings. The number of aryl methyl sites for hydroxylation is 1. The van der Waals surface area contributed by atoms with E-state index in [-0.39, 0.29) is 5.38 Å². The standard InChI is InChI=1S/C14H22ClNO/c1-3-5-13(15)7-6-12-9-14(11-16-10-12)17-8-4-2/h9-11,13H,3-8H2,1-2H3. The van der Waals surface area contributed by atoms with E-state index in [9.17, 15) is 0 Å². The van der Waals surface area contributed by atoms with Crippen molar-refractivity contribution in [2.75, 3.05) is 6.61 Å². The van der Waals surface area contributed by atoms with Gasteiger partial charge in [0.15, 0.2) is 0 Å². The fraction of sp³-hybridized carbons (Fsp3) is 0.643. The minimum atomic E-state index is 0.278. The Labute approximate surface area is 109 Å². The Morgan fingerprint density at radius 2 is 2.06 bits per heavy atom. The molecule has 0 aliphatic carbocycles. The second-order valence-electron chi connectivity index (χ2n) is 4.30. The summed E-state index contributed by atoms with van der Waals surface area (Å²) in [7, 11) is 0. The van der Waals surface area contributed by atoms with Crippen molar-refractivity contribution in [3.63, 3.8) is 0 Å². The predicted molar refractivity (Wildman–Crippen MR) is 72.9 cm³/mol. The largest absolute Gasteiger partial charge is 0.492 e. The zero-order chi connectivity index (χ0) is 12.5. The van der Waals surface area contributed by atoms with Gasteiger partial charge >= 0.3 is 0 Å². The van der Waals surface area contributed by atoms with E-state index in [0.717, 1.165) is 44.5 Å². The summed E-state index contributed by atoms with van der Waals surface area (Å²) >= 11 is 6.20. The Morgan fingerprint density at radius 3 is 2.76 bits per heavy atom. The number of ether oxygens (including phenoxy) is 1. The van der Waals surface area contributed by atoms with E-state index < -0.39 is 0 Å². The van der Waals surface area contributed by atoms with Gasteiger partial charge in [-0.1, -0.05) is 20.3 Å². The van der Waals surface area contributed by atoms with Crippen molar-refractivity contribution in [2.24, 2.45) is 0 Å². The fourth-order valence-electron chi connectivity index (χ4n) is 1.68. The molecular weight excluding hydrogens is 234 g/mol. The van der Waals surface area contributed by atoms with Crippen molar-refractivity contribution in [1.29, 1.82) is 0 Å². The molecule has 0 aliphatic heterocycles. The van der Waals surface area contributed by atoms with Gasteiger partial charge in [0, 0.05) is 11.6 Å². The van der Waals surface area contributed by atoms with Crippen molar-refractivity contribution < 1.29 is 4.74 Å². The van der Waals surface area contributed by atoms with Crippen LogP contribution >= 0.6 is 11.6 Å². The van der Waals surface area contributed by atoms with Crippen LogP contribution < -0.4 is 4.74 Å². The molecule has 0 aliphatic rings. The van der Waals surface area contributed by atoms with Crippen molar-refractivity contribution in [2.45, 2.75) is 51.3 Å². The van der Waals surface area contributed by atoms with Crippen LogP contribution in [0.15, 0.2) is 18.5 Å². The first-order valence-electron chi connectivity index (χ1n) is 6.47. The summed E-state index contributed by atoms with van der Waals surface area (Å²) in [5, 5.41) is 0.278. The van der Waals surface area contributed by atoms with Crippen LogP contribution in [0.25, 0.3) is 0 Å². The Hall–Kier alpha value is -0.760. The molecule has 1 unspecified atom stereocenters. The molecule has 0 radical (unpaired) electrons. The van der Waals surface area contributed by atoms with Gasteiger partial charge in [0.05, 0.1) is 12.8 Å². The van der Waals surface area contributed by atoms with Crippen LogP contribution in [0.1, 0.15) is 45.1 Å². The Morgan fingerprint density at radius 1 is 1.24 bits per heavy atom. The lowest BCUT2D eigenvalue weighted by Crippen LogP contribution is -2.01. The quantitative estimate of drug-likeness (QED) is 0.649. The number of alkyl halides is 1. The molecule has 96 valence electrons. The second-order valence-corrected chi connectivity index (χ2v) is 4.92. The highest BCUT2D eigenvalue weighted by atomic mass is 35.5. The molecule has 1 aromatic heterocycles. The second kappa shape index (κ2) is 8.35. The minimum absolute atomic E-state index is 0.278. The molecule has 0 bridgehead atoms. The van der Waals surface area contributed by atoms with Crippen molar-refractivity contribution in [3.8, 4) is 5.75 Å². The van der Waals surface area contributed by atoms with Crippen LogP contribution in [-0.2, 0) is 6.42 Å². The van der Waals surface area contributed by atoms with Crippen molar-refractivity contribution >= 4 is 11.6 Å². The summed E-state index contributed by atoms with van der Waals surface area (Å²) in [6.07, 6.45) is 8.90. The van der Waals surface area contributed by atoms with Crippen molar-refractivity contribution in [1.82, 2.24) is 4.98 Å². The third-order valence-corrected chi connectivity index (χ3v) is 3.03. The highest BCUT2D eigenvalue weighted by Gasteiger charge is 2.04. The highest BCUT2D eigenvalue weighted by molar-refractivity contribution is 6.20. The van der Waals surface area contributed by atoms with E-state index in [1.54, 1.807) is 6.20 Å². The molecule has 0 N–H and O–H groups in total. The molecule has 0 saturated heterocycles. The topological polar surface area (TPSA) is 22.1 Å². The average molecular weight is 256 g/mol. The van der Waals surface area contributed by atoms with Crippen LogP contribution in [0.2, 0.25) is 0 Å². The first kappa shape index (κ1) is 14.3. The van der Waals surface area contributed by atoms with E-state index in [2.05, 4.69) is 24.9 Å². The SMILES string of the molecule is CCCOc1cncc(CCC(Cl)CCC)c1. The van der Waals surface area contributed by atoms with Crippen LogP contribution in [0.4, 0.5) is 0 Å². The predicted octanol–water partition coefficient (Wildman–Crippen LogP) is 4.21. The third-order valence-electron chi connectivity index (χ3n) is 2.59. The maximum Gasteiger partial charge on any atom is 0.137 e. The minimum Gasteiger partial charge on any atom is -0.492 e. The number of halogens is 1. The summed E-state index contributed by atoms with van der Waals surface area (Å²) in [6.45, 7) is 5.01. The Kier molecular flexibility index (Phi) is 7.02. The Balaban J connectivity index is 2.42. The van der Waals surface area contributed by atoms with Gasteiger partial charge in [-0.25, -0.2) is 0 Å². The van der Waals surface area contributed by atoms with E-state index in [0.29, 0.717) is 0 Å². The lowest BCUT2D eigenvalue weighted by Gasteiger charge is -2.09. The molecule has 0 fully saturated rings. The molecular formula is C14H22ClNO. The molecule has 0 saturated carbocycles. The maximum absolute atomic E-state index is 6.20. The number of hydrogen-bond donors (Lipinski definition) is 0. The summed E-state index contributed by atoms with van der Waals surface area (Å²) in [4.78, 5) is 4.19. The zero-order valence-electron chi connectivity index (χ0n) is 10.8. The van der Waals surface area contributed by atoms with E-state index in [4.69, 9.17) is 16.3 Å². The fourth-order valence-corrected chi connectivity index (χ4v) is 2.01. The molecule has 2 nitrogen and oxygen atoms in total. The third kappa shape index (κ3) is 5.92. The number of aromatic nitrogens is 1. The van der Waals surface area contributed by atoms with Crippen molar-refractivity contribution in [3.05, 3.63) is 24.0 Å². The number of rotatable bonds is 8. The number of hydrogen-bond acceptors (Lipinski definition) is 2. The van der Waals surface area contributed by atoms with Gasteiger partial charge < -0.3 is 4.74 Å². The van der Waals surface area contributed by atoms with Gasteiger partial charge in [0.2, 0.25) is 0 Å². The molecule has 0 aromatic carbocycles. The summed E-state index contributed by atoms with van der Waals surface area (Å²) < 4.78 is 5.55. The van der Waals surface area contributed by atoms with Gasteiger partial charge in [0.25, 0.3) is 0 Å². The van der Waals surface area contributed by atoms with E-state index in [1.165, 1.54) is 5.56 Å². The monoisotopic (exact) mass is 255 g/mol. The van der Waals surface area contributed by atoms with Crippen LogP contribution in [0, 0.1) is 0 Å². The smallest absolute Gasteiger partial charge is 0.137 e. The van der Waals surface area contributed by atoms with Gasteiger partial charge in [-0.15, -0.1) is 11.6 Å². The highest BCUT2D eigenvalue weighted by Crippen LogP contribution is 2.17. The molecule has 0 amide bonds. The average Bonchev–Trinajstić information content (AvgIpc) is 2.35. The zero-order valence-corrected chi connectivity index (χ0v) is 11.5. The first-order valence-corrected chi connectivity index (χ1v) is 6.90. The van der Waals surface area contributed by atoms with Crippen LogP contribution in [0.5, 0.6) is 5.75 Å². The molecule has 1 heterocycles. The van der Waals surface area contributed by atoms with Gasteiger partial charge in [-0.05, 0) is 37.3 Å². The van der Waals surface area contributed by atoms with Gasteiger partial charge in [-0.2, -0.15) is 0 Å². The maximum atomic E-state index is 6.20. The summed E-state index contributed by atoms with van der Waals surface area (Å²) in [5.41, 5.74) is 1.21. The number of pyridine rings is 1. The van der Waals surface area contributed by atoms with E-state index >= 15 is 0 Å². The normalized spacial score (nSPS) is 12.4. The number of nitrogens with zero attached hydrogens (tertiary/aromatic N) is 1. The summed E-state index contributed by atoms with van der Waals surface area (Å²) in [6, 6.07) is 2.07. The van der Waals surface area contributed by atoms with E-state index in [1.807, 2.05) is 6.20 Å². The molecule has 1 atom stereocenters. The summed E-state index contributed by atoms with van der Waals surface area (Å²) in [5.74, 6) is 0.867. The first-order chi connectivity index (χ1) is 8.26. The molecule has 17 heavy (non-hydrogen) atoms. The van der Waals surface area contributed by atoms with Gasteiger partial charge in [0.1, 0.15) is 5.75 Å². The van der Waals surface area contributed by atoms with Gasteiger partial charge in [-0.3, -0.25) is 4.98 Å². The van der Waals surface area contributed by atoms with Crippen LogP contribution in [-0.4, -0.2) is 17.0 Å².